The molecule has 12 heavy (non-hydrogen) atoms. The molecule has 0 aromatic carbocycles. The number of hydrogen-bond acceptors (Lipinski definition) is 3. The Hall–Kier alpha value is -1.10. The molecule has 3 amide bonds. The van der Waals surface area contributed by atoms with Crippen LogP contribution in [0.2, 0.25) is 0 Å². The van der Waals surface area contributed by atoms with E-state index in [-0.39, 0.29) is 23.9 Å². The largest absolute Gasteiger partial charge is 0.339 e. The fraction of sp³-hybridized carbons (Fsp3) is 0.714. The number of nitrogens with zero attached hydrogens (tertiary/aromatic N) is 1. The number of hydrogen-bond donors (Lipinski definition) is 2. The molecule has 0 saturated carbocycles. The molecule has 1 aliphatic rings. The van der Waals surface area contributed by atoms with Crippen molar-refractivity contribution < 1.29 is 9.59 Å². The summed E-state index contributed by atoms with van der Waals surface area (Å²) in [6, 6.07) is -0.758. The van der Waals surface area contributed by atoms with Gasteiger partial charge in [0, 0.05) is 7.05 Å². The predicted octanol–water partition coefficient (Wildman–Crippen LogP) is -0.303. The van der Waals surface area contributed by atoms with Gasteiger partial charge >= 0.3 is 6.03 Å². The van der Waals surface area contributed by atoms with Crippen molar-refractivity contribution in [3.8, 4) is 0 Å². The summed E-state index contributed by atoms with van der Waals surface area (Å²) in [5, 5.41) is 3.57. The molecule has 1 rings (SSSR count). The zero-order chi connectivity index (χ0) is 9.30. The van der Waals surface area contributed by atoms with E-state index in [1.165, 1.54) is 0 Å². The molecule has 0 unspecified atom stereocenters. The number of carbonyl (C=O) groups excluding carboxylic acids is 2. The highest BCUT2D eigenvalue weighted by Crippen LogP contribution is 2.10. The quantitative estimate of drug-likeness (QED) is 0.560. The summed E-state index contributed by atoms with van der Waals surface area (Å²) in [6.45, 7) is 3.78. The molecule has 0 spiro atoms. The lowest BCUT2D eigenvalue weighted by molar-refractivity contribution is -0.130. The number of carbonyl (C=O) groups is 2. The van der Waals surface area contributed by atoms with Gasteiger partial charge in [-0.1, -0.05) is 13.8 Å². The third-order valence-corrected chi connectivity index (χ3v) is 1.86. The van der Waals surface area contributed by atoms with Crippen molar-refractivity contribution in [2.75, 3.05) is 7.05 Å². The number of imide groups is 1. The van der Waals surface area contributed by atoms with Crippen molar-refractivity contribution in [2.24, 2.45) is 5.92 Å². The predicted molar refractivity (Wildman–Crippen MR) is 43.1 cm³/mol. The lowest BCUT2D eigenvalue weighted by Gasteiger charge is -2.12. The zero-order valence-corrected chi connectivity index (χ0v) is 7.42. The summed E-state index contributed by atoms with van der Waals surface area (Å²) in [5.41, 5.74) is 2.52. The molecule has 68 valence electrons. The standard InChI is InChI=1S/C7H13N3O2/c1-4(2)5-6(11)10(8-3)7(12)9-5/h4-5,8H,1-3H3,(H,9,12)/t5-/m0/s1. The number of hydrazine groups is 1. The van der Waals surface area contributed by atoms with Crippen LogP contribution in [0.15, 0.2) is 0 Å². The van der Waals surface area contributed by atoms with Crippen LogP contribution in [0.25, 0.3) is 0 Å². The van der Waals surface area contributed by atoms with Gasteiger partial charge in [0.25, 0.3) is 5.91 Å². The first-order valence-electron chi connectivity index (χ1n) is 3.89. The molecule has 0 aromatic rings. The highest BCUT2D eigenvalue weighted by atomic mass is 16.2. The molecule has 0 aliphatic carbocycles. The first kappa shape index (κ1) is 8.99. The Kier molecular flexibility index (Phi) is 2.32. The second-order valence-corrected chi connectivity index (χ2v) is 3.07. The summed E-state index contributed by atoms with van der Waals surface area (Å²) in [6.07, 6.45) is 0. The van der Waals surface area contributed by atoms with Crippen molar-refractivity contribution >= 4 is 11.9 Å². The van der Waals surface area contributed by atoms with Crippen molar-refractivity contribution in [3.63, 3.8) is 0 Å². The Morgan fingerprint density at radius 3 is 2.33 bits per heavy atom. The van der Waals surface area contributed by atoms with E-state index in [2.05, 4.69) is 10.7 Å². The minimum Gasteiger partial charge on any atom is -0.324 e. The first-order valence-corrected chi connectivity index (χ1v) is 3.89. The molecule has 5 nitrogen and oxygen atoms in total. The smallest absolute Gasteiger partial charge is 0.324 e. The van der Waals surface area contributed by atoms with Crippen molar-refractivity contribution in [3.05, 3.63) is 0 Å². The van der Waals surface area contributed by atoms with Crippen LogP contribution in [0.5, 0.6) is 0 Å². The van der Waals surface area contributed by atoms with Crippen molar-refractivity contribution in [2.45, 2.75) is 19.9 Å². The summed E-state index contributed by atoms with van der Waals surface area (Å²) in [7, 11) is 1.54. The lowest BCUT2D eigenvalue weighted by Crippen LogP contribution is -2.41. The number of urea groups is 1. The van der Waals surface area contributed by atoms with Gasteiger partial charge < -0.3 is 5.32 Å². The molecule has 5 heteroatoms. The molecule has 0 radical (unpaired) electrons. The van der Waals surface area contributed by atoms with Crippen LogP contribution in [-0.4, -0.2) is 30.0 Å². The maximum atomic E-state index is 11.4. The van der Waals surface area contributed by atoms with Gasteiger partial charge in [-0.15, -0.1) is 0 Å². The van der Waals surface area contributed by atoms with Gasteiger partial charge in [-0.2, -0.15) is 5.01 Å². The molecule has 1 fully saturated rings. The van der Waals surface area contributed by atoms with Crippen LogP contribution in [0.1, 0.15) is 13.8 Å². The fourth-order valence-electron chi connectivity index (χ4n) is 1.16. The maximum absolute atomic E-state index is 11.4. The Morgan fingerprint density at radius 2 is 2.08 bits per heavy atom. The number of amides is 3. The van der Waals surface area contributed by atoms with Crippen LogP contribution >= 0.6 is 0 Å². The van der Waals surface area contributed by atoms with Gasteiger partial charge in [0.1, 0.15) is 6.04 Å². The highest BCUT2D eigenvalue weighted by Gasteiger charge is 2.38. The van der Waals surface area contributed by atoms with Gasteiger partial charge in [-0.25, -0.2) is 10.2 Å². The van der Waals surface area contributed by atoms with Crippen LogP contribution in [0.3, 0.4) is 0 Å². The minimum absolute atomic E-state index is 0.125. The molecular formula is C7H13N3O2. The van der Waals surface area contributed by atoms with Crippen LogP contribution < -0.4 is 10.7 Å². The Labute approximate surface area is 71.1 Å². The fourth-order valence-corrected chi connectivity index (χ4v) is 1.16. The third kappa shape index (κ3) is 1.27. The summed E-state index contributed by atoms with van der Waals surface area (Å²) in [5.74, 6) is -0.0858. The van der Waals surface area contributed by atoms with E-state index < -0.39 is 0 Å². The lowest BCUT2D eigenvalue weighted by atomic mass is 10.1. The SMILES string of the molecule is CNN1C(=O)N[C@@H](C(C)C)C1=O. The molecule has 2 N–H and O–H groups in total. The van der Waals surface area contributed by atoms with Gasteiger partial charge in [0.15, 0.2) is 0 Å². The second kappa shape index (κ2) is 3.10. The molecule has 1 aliphatic heterocycles. The van der Waals surface area contributed by atoms with E-state index in [1.54, 1.807) is 7.05 Å². The topological polar surface area (TPSA) is 61.4 Å². The average molecular weight is 171 g/mol. The molecular weight excluding hydrogens is 158 g/mol. The number of rotatable bonds is 2. The third-order valence-electron chi connectivity index (χ3n) is 1.86. The second-order valence-electron chi connectivity index (χ2n) is 3.07. The van der Waals surface area contributed by atoms with E-state index in [0.29, 0.717) is 0 Å². The molecule has 0 aromatic heterocycles. The van der Waals surface area contributed by atoms with Crippen molar-refractivity contribution in [1.82, 2.24) is 15.8 Å². The molecule has 0 bridgehead atoms. The van der Waals surface area contributed by atoms with Crippen LogP contribution in [0, 0.1) is 5.92 Å². The Morgan fingerprint density at radius 1 is 1.50 bits per heavy atom. The van der Waals surface area contributed by atoms with Crippen LogP contribution in [-0.2, 0) is 4.79 Å². The summed E-state index contributed by atoms with van der Waals surface area (Å²) >= 11 is 0. The Balaban J connectivity index is 2.75. The summed E-state index contributed by atoms with van der Waals surface area (Å²) < 4.78 is 0. The monoisotopic (exact) mass is 171 g/mol. The van der Waals surface area contributed by atoms with Gasteiger partial charge in [-0.05, 0) is 5.92 Å². The molecule has 1 heterocycles. The minimum atomic E-state index is -0.384. The summed E-state index contributed by atoms with van der Waals surface area (Å²) in [4.78, 5) is 22.4. The maximum Gasteiger partial charge on any atom is 0.339 e. The van der Waals surface area contributed by atoms with E-state index in [1.807, 2.05) is 13.8 Å². The van der Waals surface area contributed by atoms with Crippen LogP contribution in [0.4, 0.5) is 4.79 Å². The van der Waals surface area contributed by atoms with E-state index >= 15 is 0 Å². The first-order chi connectivity index (χ1) is 5.57. The van der Waals surface area contributed by atoms with Crippen molar-refractivity contribution in [1.29, 1.82) is 0 Å². The average Bonchev–Trinajstić information content (AvgIpc) is 2.27. The molecule has 1 atom stereocenters. The normalized spacial score (nSPS) is 23.7. The Bertz CT molecular complexity index is 215. The van der Waals surface area contributed by atoms with E-state index in [4.69, 9.17) is 0 Å². The zero-order valence-electron chi connectivity index (χ0n) is 7.42. The van der Waals surface area contributed by atoms with Gasteiger partial charge in [0.05, 0.1) is 0 Å². The number of nitrogens with one attached hydrogen (secondary N) is 2. The van der Waals surface area contributed by atoms with Gasteiger partial charge in [0.2, 0.25) is 0 Å². The van der Waals surface area contributed by atoms with Gasteiger partial charge in [-0.3, -0.25) is 4.79 Å². The molecule has 1 saturated heterocycles. The highest BCUT2D eigenvalue weighted by molar-refractivity contribution is 6.03. The van der Waals surface area contributed by atoms with E-state index in [9.17, 15) is 9.59 Å². The van der Waals surface area contributed by atoms with E-state index in [0.717, 1.165) is 5.01 Å².